The fraction of sp³-hybridized carbons (Fsp3) is 0.118. The predicted octanol–water partition coefficient (Wildman–Crippen LogP) is 2.33. The molecule has 0 spiro atoms. The lowest BCUT2D eigenvalue weighted by molar-refractivity contribution is -0.116. The van der Waals surface area contributed by atoms with E-state index < -0.39 is 0 Å². The highest BCUT2D eigenvalue weighted by molar-refractivity contribution is 5.91. The normalized spacial score (nSPS) is 11.1. The zero-order valence-corrected chi connectivity index (χ0v) is 12.0. The minimum Gasteiger partial charge on any atom is -0.361 e. The van der Waals surface area contributed by atoms with Crippen molar-refractivity contribution >= 4 is 22.9 Å². The Balaban J connectivity index is 1.52. The molecule has 0 bridgehead atoms. The molecule has 110 valence electrons. The van der Waals surface area contributed by atoms with Crippen LogP contribution in [0.15, 0.2) is 55.1 Å². The summed E-state index contributed by atoms with van der Waals surface area (Å²) in [5, 5.41) is 4.07. The first-order valence-electron chi connectivity index (χ1n) is 7.10. The number of H-pyrrole nitrogens is 1. The van der Waals surface area contributed by atoms with E-state index in [9.17, 15) is 4.79 Å². The highest BCUT2D eigenvalue weighted by Crippen LogP contribution is 2.17. The average molecular weight is 292 g/mol. The van der Waals surface area contributed by atoms with Crippen LogP contribution in [0.2, 0.25) is 0 Å². The maximum Gasteiger partial charge on any atom is 0.244 e. The number of amides is 1. The number of rotatable bonds is 5. The van der Waals surface area contributed by atoms with Gasteiger partial charge in [-0.3, -0.25) is 14.8 Å². The van der Waals surface area contributed by atoms with Crippen LogP contribution in [0.1, 0.15) is 11.3 Å². The largest absolute Gasteiger partial charge is 0.361 e. The van der Waals surface area contributed by atoms with Crippen LogP contribution in [-0.2, 0) is 11.2 Å². The van der Waals surface area contributed by atoms with E-state index in [0.717, 1.165) is 11.9 Å². The lowest BCUT2D eigenvalue weighted by Gasteiger charge is -2.01. The molecule has 5 nitrogen and oxygen atoms in total. The number of hydrogen-bond donors (Lipinski definition) is 2. The summed E-state index contributed by atoms with van der Waals surface area (Å²) in [6.07, 6.45) is 10.7. The lowest BCUT2D eigenvalue weighted by atomic mass is 10.1. The first kappa shape index (κ1) is 14.0. The Morgan fingerprint density at radius 2 is 2.18 bits per heavy atom. The summed E-state index contributed by atoms with van der Waals surface area (Å²) in [5.41, 5.74) is 2.98. The molecule has 3 rings (SSSR count). The quantitative estimate of drug-likeness (QED) is 0.709. The predicted molar refractivity (Wildman–Crippen MR) is 86.1 cm³/mol. The van der Waals surface area contributed by atoms with Crippen LogP contribution < -0.4 is 5.32 Å². The Bertz CT molecular complexity index is 793. The zero-order chi connectivity index (χ0) is 15.2. The summed E-state index contributed by atoms with van der Waals surface area (Å²) in [5.74, 6) is -0.134. The van der Waals surface area contributed by atoms with Crippen molar-refractivity contribution in [2.24, 2.45) is 0 Å². The van der Waals surface area contributed by atoms with E-state index in [4.69, 9.17) is 0 Å². The molecule has 0 unspecified atom stereocenters. The minimum absolute atomic E-state index is 0.134. The number of aromatic nitrogens is 3. The summed E-state index contributed by atoms with van der Waals surface area (Å²) in [7, 11) is 0. The SMILES string of the molecule is O=C(C=Cc1cnccn1)NCCc1c[nH]c2ccccc12. The standard InChI is InChI=1S/C17H16N4O/c22-17(6-5-14-12-18-9-10-19-14)20-8-7-13-11-21-16-4-2-1-3-15(13)16/h1-6,9-12,21H,7-8H2,(H,20,22). The topological polar surface area (TPSA) is 70.7 Å². The molecule has 0 atom stereocenters. The Hall–Kier alpha value is -2.95. The number of aromatic amines is 1. The fourth-order valence-corrected chi connectivity index (χ4v) is 2.28. The monoisotopic (exact) mass is 292 g/mol. The van der Waals surface area contributed by atoms with Gasteiger partial charge in [0.25, 0.3) is 0 Å². The molecule has 0 aliphatic heterocycles. The van der Waals surface area contributed by atoms with Crippen molar-refractivity contribution in [3.63, 3.8) is 0 Å². The smallest absolute Gasteiger partial charge is 0.244 e. The van der Waals surface area contributed by atoms with Gasteiger partial charge in [0.15, 0.2) is 0 Å². The van der Waals surface area contributed by atoms with E-state index in [0.29, 0.717) is 12.2 Å². The van der Waals surface area contributed by atoms with Crippen LogP contribution in [0.3, 0.4) is 0 Å². The van der Waals surface area contributed by atoms with Crippen molar-refractivity contribution in [2.45, 2.75) is 6.42 Å². The summed E-state index contributed by atoms with van der Waals surface area (Å²) >= 11 is 0. The number of carbonyl (C=O) groups excluding carboxylic acids is 1. The molecule has 2 aromatic heterocycles. The number of carbonyl (C=O) groups is 1. The lowest BCUT2D eigenvalue weighted by Crippen LogP contribution is -2.23. The second kappa shape index (κ2) is 6.67. The number of hydrogen-bond acceptors (Lipinski definition) is 3. The number of nitrogens with zero attached hydrogens (tertiary/aromatic N) is 2. The van der Waals surface area contributed by atoms with E-state index in [1.54, 1.807) is 24.7 Å². The van der Waals surface area contributed by atoms with Gasteiger partial charge in [-0.2, -0.15) is 0 Å². The second-order valence-corrected chi connectivity index (χ2v) is 4.86. The van der Waals surface area contributed by atoms with Crippen LogP contribution in [0, 0.1) is 0 Å². The number of nitrogens with one attached hydrogen (secondary N) is 2. The van der Waals surface area contributed by atoms with Gasteiger partial charge in [-0.1, -0.05) is 18.2 Å². The van der Waals surface area contributed by atoms with Crippen molar-refractivity contribution in [3.8, 4) is 0 Å². The minimum atomic E-state index is -0.134. The van der Waals surface area contributed by atoms with Crippen LogP contribution in [0.4, 0.5) is 0 Å². The highest BCUT2D eigenvalue weighted by atomic mass is 16.1. The molecule has 1 aromatic carbocycles. The van der Waals surface area contributed by atoms with Crippen molar-refractivity contribution < 1.29 is 4.79 Å². The molecule has 0 aliphatic carbocycles. The third-order valence-corrected chi connectivity index (χ3v) is 3.36. The third kappa shape index (κ3) is 3.38. The Morgan fingerprint density at radius 3 is 3.05 bits per heavy atom. The first-order chi connectivity index (χ1) is 10.8. The van der Waals surface area contributed by atoms with Crippen molar-refractivity contribution in [1.82, 2.24) is 20.3 Å². The molecule has 1 amide bonds. The van der Waals surface area contributed by atoms with Crippen molar-refractivity contribution in [2.75, 3.05) is 6.54 Å². The third-order valence-electron chi connectivity index (χ3n) is 3.36. The molecule has 3 aromatic rings. The van der Waals surface area contributed by atoms with Gasteiger partial charge in [0.05, 0.1) is 11.9 Å². The molecule has 5 heteroatoms. The summed E-state index contributed by atoms with van der Waals surface area (Å²) in [4.78, 5) is 23.0. The molecular weight excluding hydrogens is 276 g/mol. The molecule has 0 fully saturated rings. The molecular formula is C17H16N4O. The van der Waals surface area contributed by atoms with Crippen molar-refractivity contribution in [3.05, 3.63) is 66.4 Å². The van der Waals surface area contributed by atoms with Crippen molar-refractivity contribution in [1.29, 1.82) is 0 Å². The van der Waals surface area contributed by atoms with Gasteiger partial charge in [0.1, 0.15) is 0 Å². The second-order valence-electron chi connectivity index (χ2n) is 4.86. The Labute approximate surface area is 128 Å². The molecule has 0 radical (unpaired) electrons. The average Bonchev–Trinajstić information content (AvgIpc) is 2.97. The van der Waals surface area contributed by atoms with Crippen LogP contribution >= 0.6 is 0 Å². The Kier molecular flexibility index (Phi) is 4.25. The van der Waals surface area contributed by atoms with Gasteiger partial charge in [0.2, 0.25) is 5.91 Å². The summed E-state index contributed by atoms with van der Waals surface area (Å²) < 4.78 is 0. The van der Waals surface area contributed by atoms with Crippen LogP contribution in [0.25, 0.3) is 17.0 Å². The van der Waals surface area contributed by atoms with Gasteiger partial charge in [-0.15, -0.1) is 0 Å². The van der Waals surface area contributed by atoms with Crippen LogP contribution in [-0.4, -0.2) is 27.4 Å². The molecule has 2 heterocycles. The number of fused-ring (bicyclic) bond motifs is 1. The van der Waals surface area contributed by atoms with E-state index >= 15 is 0 Å². The van der Waals surface area contributed by atoms with Gasteiger partial charge in [-0.05, 0) is 24.1 Å². The Morgan fingerprint density at radius 1 is 1.27 bits per heavy atom. The fourth-order valence-electron chi connectivity index (χ4n) is 2.28. The summed E-state index contributed by atoms with van der Waals surface area (Å²) in [6.45, 7) is 0.589. The van der Waals surface area contributed by atoms with Crippen LogP contribution in [0.5, 0.6) is 0 Å². The maximum absolute atomic E-state index is 11.8. The molecule has 0 aliphatic rings. The van der Waals surface area contributed by atoms with Gasteiger partial charge >= 0.3 is 0 Å². The highest BCUT2D eigenvalue weighted by Gasteiger charge is 2.03. The molecule has 2 N–H and O–H groups in total. The molecule has 0 saturated carbocycles. The van der Waals surface area contributed by atoms with E-state index in [2.05, 4.69) is 26.3 Å². The maximum atomic E-state index is 11.8. The number of para-hydroxylation sites is 1. The first-order valence-corrected chi connectivity index (χ1v) is 7.10. The zero-order valence-electron chi connectivity index (χ0n) is 12.0. The van der Waals surface area contributed by atoms with E-state index in [1.807, 2.05) is 24.4 Å². The van der Waals surface area contributed by atoms with E-state index in [-0.39, 0.29) is 5.91 Å². The molecule has 0 saturated heterocycles. The summed E-state index contributed by atoms with van der Waals surface area (Å²) in [6, 6.07) is 8.14. The van der Waals surface area contributed by atoms with Gasteiger partial charge in [0, 0.05) is 42.1 Å². The van der Waals surface area contributed by atoms with Gasteiger partial charge in [-0.25, -0.2) is 0 Å². The number of benzene rings is 1. The van der Waals surface area contributed by atoms with Gasteiger partial charge < -0.3 is 10.3 Å². The van der Waals surface area contributed by atoms with E-state index in [1.165, 1.54) is 17.0 Å². The molecule has 22 heavy (non-hydrogen) atoms.